The summed E-state index contributed by atoms with van der Waals surface area (Å²) < 4.78 is 5.55. The molecule has 0 amide bonds. The Hall–Kier alpha value is -0.120. The molecule has 0 aromatic heterocycles. The molecule has 1 atom stereocenters. The summed E-state index contributed by atoms with van der Waals surface area (Å²) in [7, 11) is 0. The van der Waals surface area contributed by atoms with Gasteiger partial charge in [-0.1, -0.05) is 6.92 Å². The number of ether oxygens (including phenoxy) is 1. The maximum absolute atomic E-state index is 9.82. The summed E-state index contributed by atoms with van der Waals surface area (Å²) in [6.07, 6.45) is 1.93. The molecule has 0 radical (unpaired) electrons. The Balaban J connectivity index is 1.90. The molecule has 2 aliphatic rings. The second-order valence-electron chi connectivity index (χ2n) is 3.86. The predicted octanol–water partition coefficient (Wildman–Crippen LogP) is 0.232. The number of hydrogen-bond acceptors (Lipinski definition) is 3. The number of hydrogen-bond donors (Lipinski definition) is 1. The summed E-state index contributed by atoms with van der Waals surface area (Å²) in [5.41, 5.74) is -0.464. The third-order valence-electron chi connectivity index (χ3n) is 2.96. The summed E-state index contributed by atoms with van der Waals surface area (Å²) in [5, 5.41) is 9.82. The molecule has 1 aliphatic carbocycles. The Kier molecular flexibility index (Phi) is 2.10. The SMILES string of the molecule is CCN1CCOC(C2(O)CC2)C1. The highest BCUT2D eigenvalue weighted by Gasteiger charge is 2.49. The van der Waals surface area contributed by atoms with Crippen LogP contribution in [0, 0.1) is 0 Å². The van der Waals surface area contributed by atoms with Gasteiger partial charge in [-0.15, -0.1) is 0 Å². The quantitative estimate of drug-likeness (QED) is 0.645. The van der Waals surface area contributed by atoms with Gasteiger partial charge in [-0.05, 0) is 19.4 Å². The Bertz CT molecular complexity index is 168. The van der Waals surface area contributed by atoms with Crippen molar-refractivity contribution in [3.8, 4) is 0 Å². The van der Waals surface area contributed by atoms with Crippen LogP contribution in [0.3, 0.4) is 0 Å². The van der Waals surface area contributed by atoms with Gasteiger partial charge in [0.15, 0.2) is 0 Å². The van der Waals surface area contributed by atoms with Crippen LogP contribution >= 0.6 is 0 Å². The van der Waals surface area contributed by atoms with E-state index in [2.05, 4.69) is 11.8 Å². The maximum Gasteiger partial charge on any atom is 0.0989 e. The molecule has 1 saturated heterocycles. The van der Waals surface area contributed by atoms with Crippen LogP contribution in [-0.2, 0) is 4.74 Å². The van der Waals surface area contributed by atoms with Crippen LogP contribution in [0.25, 0.3) is 0 Å². The third kappa shape index (κ3) is 1.49. The first-order valence-electron chi connectivity index (χ1n) is 4.81. The van der Waals surface area contributed by atoms with Crippen molar-refractivity contribution in [1.82, 2.24) is 4.90 Å². The summed E-state index contributed by atoms with van der Waals surface area (Å²) in [5.74, 6) is 0. The monoisotopic (exact) mass is 171 g/mol. The number of aliphatic hydroxyl groups is 1. The second kappa shape index (κ2) is 2.98. The first-order valence-corrected chi connectivity index (χ1v) is 4.81. The molecule has 0 aromatic carbocycles. The van der Waals surface area contributed by atoms with Gasteiger partial charge in [0.2, 0.25) is 0 Å². The zero-order valence-corrected chi connectivity index (χ0v) is 7.62. The molecule has 70 valence electrons. The largest absolute Gasteiger partial charge is 0.387 e. The van der Waals surface area contributed by atoms with Crippen LogP contribution in [0.4, 0.5) is 0 Å². The molecule has 12 heavy (non-hydrogen) atoms. The van der Waals surface area contributed by atoms with Gasteiger partial charge in [-0.25, -0.2) is 0 Å². The average Bonchev–Trinajstić information content (AvgIpc) is 2.85. The predicted molar refractivity (Wildman–Crippen MR) is 46.0 cm³/mol. The summed E-state index contributed by atoms with van der Waals surface area (Å²) >= 11 is 0. The molecule has 1 saturated carbocycles. The van der Waals surface area contributed by atoms with Crippen molar-refractivity contribution >= 4 is 0 Å². The fourth-order valence-electron chi connectivity index (χ4n) is 1.76. The lowest BCUT2D eigenvalue weighted by molar-refractivity contribution is -0.0989. The van der Waals surface area contributed by atoms with E-state index in [1.165, 1.54) is 0 Å². The lowest BCUT2D eigenvalue weighted by Crippen LogP contribution is -2.48. The van der Waals surface area contributed by atoms with Gasteiger partial charge in [-0.2, -0.15) is 0 Å². The molecule has 1 unspecified atom stereocenters. The normalized spacial score (nSPS) is 35.0. The number of nitrogens with zero attached hydrogens (tertiary/aromatic N) is 1. The van der Waals surface area contributed by atoms with E-state index >= 15 is 0 Å². The van der Waals surface area contributed by atoms with E-state index in [-0.39, 0.29) is 6.10 Å². The van der Waals surface area contributed by atoms with Crippen LogP contribution in [0.15, 0.2) is 0 Å². The van der Waals surface area contributed by atoms with E-state index in [0.717, 1.165) is 39.1 Å². The highest BCUT2D eigenvalue weighted by Crippen LogP contribution is 2.40. The average molecular weight is 171 g/mol. The number of likely N-dealkylation sites (N-methyl/N-ethyl adjacent to an activating group) is 1. The van der Waals surface area contributed by atoms with Crippen LogP contribution in [-0.4, -0.2) is 48.0 Å². The zero-order valence-electron chi connectivity index (χ0n) is 7.62. The second-order valence-corrected chi connectivity index (χ2v) is 3.86. The summed E-state index contributed by atoms with van der Waals surface area (Å²) in [6.45, 7) is 5.92. The molecule has 0 bridgehead atoms. The van der Waals surface area contributed by atoms with Crippen molar-refractivity contribution in [2.45, 2.75) is 31.5 Å². The molecule has 0 spiro atoms. The molecular formula is C9H17NO2. The van der Waals surface area contributed by atoms with Crippen molar-refractivity contribution in [1.29, 1.82) is 0 Å². The van der Waals surface area contributed by atoms with Gasteiger partial charge in [0.1, 0.15) is 0 Å². The highest BCUT2D eigenvalue weighted by molar-refractivity contribution is 5.02. The molecule has 2 fully saturated rings. The molecule has 3 nitrogen and oxygen atoms in total. The van der Waals surface area contributed by atoms with Crippen molar-refractivity contribution in [2.75, 3.05) is 26.2 Å². The van der Waals surface area contributed by atoms with E-state index < -0.39 is 5.60 Å². The van der Waals surface area contributed by atoms with E-state index in [9.17, 15) is 5.11 Å². The van der Waals surface area contributed by atoms with E-state index in [4.69, 9.17) is 4.74 Å². The minimum atomic E-state index is -0.464. The highest BCUT2D eigenvalue weighted by atomic mass is 16.5. The smallest absolute Gasteiger partial charge is 0.0989 e. The minimum Gasteiger partial charge on any atom is -0.387 e. The van der Waals surface area contributed by atoms with Crippen LogP contribution in [0.1, 0.15) is 19.8 Å². The van der Waals surface area contributed by atoms with Crippen molar-refractivity contribution < 1.29 is 9.84 Å². The summed E-state index contributed by atoms with van der Waals surface area (Å²) in [6, 6.07) is 0. The van der Waals surface area contributed by atoms with Gasteiger partial charge in [0.25, 0.3) is 0 Å². The molecule has 1 aliphatic heterocycles. The van der Waals surface area contributed by atoms with Gasteiger partial charge in [0, 0.05) is 13.1 Å². The van der Waals surface area contributed by atoms with Gasteiger partial charge in [0.05, 0.1) is 18.3 Å². The summed E-state index contributed by atoms with van der Waals surface area (Å²) in [4.78, 5) is 2.34. The number of rotatable bonds is 2. The lowest BCUT2D eigenvalue weighted by Gasteiger charge is -2.34. The standard InChI is InChI=1S/C9H17NO2/c1-2-10-5-6-12-8(7-10)9(11)3-4-9/h8,11H,2-7H2,1H3. The van der Waals surface area contributed by atoms with Crippen LogP contribution in [0.5, 0.6) is 0 Å². The Labute approximate surface area is 73.3 Å². The van der Waals surface area contributed by atoms with Crippen molar-refractivity contribution in [3.63, 3.8) is 0 Å². The van der Waals surface area contributed by atoms with Crippen LogP contribution in [0.2, 0.25) is 0 Å². The van der Waals surface area contributed by atoms with E-state index in [0.29, 0.717) is 0 Å². The van der Waals surface area contributed by atoms with Gasteiger partial charge < -0.3 is 9.84 Å². The van der Waals surface area contributed by atoms with E-state index in [1.54, 1.807) is 0 Å². The van der Waals surface area contributed by atoms with Gasteiger partial charge in [-0.3, -0.25) is 4.90 Å². The van der Waals surface area contributed by atoms with Crippen molar-refractivity contribution in [2.24, 2.45) is 0 Å². The fraction of sp³-hybridized carbons (Fsp3) is 1.00. The molecule has 2 rings (SSSR count). The maximum atomic E-state index is 9.82. The molecule has 0 aromatic rings. The Morgan fingerprint density at radius 2 is 2.33 bits per heavy atom. The Morgan fingerprint density at radius 3 is 2.92 bits per heavy atom. The first-order chi connectivity index (χ1) is 5.74. The molecule has 3 heteroatoms. The lowest BCUT2D eigenvalue weighted by atomic mass is 10.1. The molecule has 1 N–H and O–H groups in total. The van der Waals surface area contributed by atoms with Crippen molar-refractivity contribution in [3.05, 3.63) is 0 Å². The fourth-order valence-corrected chi connectivity index (χ4v) is 1.76. The molecular weight excluding hydrogens is 154 g/mol. The number of morpholine rings is 1. The topological polar surface area (TPSA) is 32.7 Å². The first kappa shape index (κ1) is 8.48. The zero-order chi connectivity index (χ0) is 8.60. The van der Waals surface area contributed by atoms with E-state index in [1.807, 2.05) is 0 Å². The van der Waals surface area contributed by atoms with Crippen LogP contribution < -0.4 is 0 Å². The third-order valence-corrected chi connectivity index (χ3v) is 2.96. The molecule has 1 heterocycles. The minimum absolute atomic E-state index is 0.0752. The van der Waals surface area contributed by atoms with Gasteiger partial charge >= 0.3 is 0 Å². The Morgan fingerprint density at radius 1 is 1.58 bits per heavy atom.